The van der Waals surface area contributed by atoms with Crippen LogP contribution in [0.5, 0.6) is 0 Å². The van der Waals surface area contributed by atoms with Gasteiger partial charge < -0.3 is 9.26 Å². The predicted molar refractivity (Wildman–Crippen MR) is 105 cm³/mol. The van der Waals surface area contributed by atoms with Gasteiger partial charge in [-0.25, -0.2) is 9.67 Å². The first-order chi connectivity index (χ1) is 14.2. The largest absolute Gasteiger partial charge is 0.375 e. The maximum Gasteiger partial charge on any atom is 0.187 e. The second-order valence-electron chi connectivity index (χ2n) is 6.80. The number of aromatic nitrogens is 6. The molecule has 0 bridgehead atoms. The van der Waals surface area contributed by atoms with Crippen LogP contribution in [0.15, 0.2) is 35.1 Å². The van der Waals surface area contributed by atoms with Gasteiger partial charge in [0.05, 0.1) is 35.1 Å². The van der Waals surface area contributed by atoms with Crippen LogP contribution in [0, 0.1) is 19.3 Å². The number of benzene rings is 1. The summed E-state index contributed by atoms with van der Waals surface area (Å²) < 4.78 is 15.0. The van der Waals surface area contributed by atoms with Crippen molar-refractivity contribution in [1.82, 2.24) is 29.7 Å². The monoisotopic (exact) mass is 386 g/mol. The van der Waals surface area contributed by atoms with E-state index in [1.807, 2.05) is 47.4 Å². The van der Waals surface area contributed by atoms with Crippen LogP contribution in [0.1, 0.15) is 35.3 Å². The number of imidazole rings is 1. The van der Waals surface area contributed by atoms with Crippen LogP contribution in [0.25, 0.3) is 22.8 Å². The van der Waals surface area contributed by atoms with E-state index in [0.29, 0.717) is 25.4 Å². The van der Waals surface area contributed by atoms with E-state index >= 15 is 0 Å². The summed E-state index contributed by atoms with van der Waals surface area (Å²) in [6.45, 7) is 4.83. The van der Waals surface area contributed by atoms with Gasteiger partial charge in [-0.3, -0.25) is 4.57 Å². The minimum absolute atomic E-state index is 0.390. The van der Waals surface area contributed by atoms with E-state index < -0.39 is 0 Å². The second-order valence-corrected chi connectivity index (χ2v) is 6.80. The highest BCUT2D eigenvalue weighted by Crippen LogP contribution is 2.34. The van der Waals surface area contributed by atoms with Crippen molar-refractivity contribution in [3.05, 3.63) is 58.9 Å². The van der Waals surface area contributed by atoms with Crippen LogP contribution < -0.4 is 0 Å². The third kappa shape index (κ3) is 2.75. The Kier molecular flexibility index (Phi) is 4.03. The molecule has 0 saturated heterocycles. The molecule has 0 amide bonds. The van der Waals surface area contributed by atoms with Crippen molar-refractivity contribution < 1.29 is 9.26 Å². The summed E-state index contributed by atoms with van der Waals surface area (Å²) in [6, 6.07) is 7.70. The number of terminal acetylenes is 1. The molecule has 3 aromatic heterocycles. The van der Waals surface area contributed by atoms with Gasteiger partial charge in [0.25, 0.3) is 0 Å². The highest BCUT2D eigenvalue weighted by molar-refractivity contribution is 5.64. The molecule has 8 heteroatoms. The lowest BCUT2D eigenvalue weighted by Gasteiger charge is -2.10. The van der Waals surface area contributed by atoms with E-state index in [9.17, 15) is 0 Å². The van der Waals surface area contributed by atoms with E-state index in [-0.39, 0.29) is 0 Å². The lowest BCUT2D eigenvalue weighted by molar-refractivity contribution is 0.130. The highest BCUT2D eigenvalue weighted by Gasteiger charge is 2.27. The van der Waals surface area contributed by atoms with Crippen LogP contribution in [-0.4, -0.2) is 36.3 Å². The zero-order chi connectivity index (χ0) is 20.0. The minimum Gasteiger partial charge on any atom is -0.375 e. The van der Waals surface area contributed by atoms with Gasteiger partial charge in [-0.2, -0.15) is 0 Å². The maximum atomic E-state index is 5.64. The molecule has 144 valence electrons. The van der Waals surface area contributed by atoms with Crippen LogP contribution in [-0.2, 0) is 17.8 Å². The molecule has 0 unspecified atom stereocenters. The number of hydrogen-bond donors (Lipinski definition) is 0. The smallest absolute Gasteiger partial charge is 0.187 e. The Bertz CT molecular complexity index is 1260. The quantitative estimate of drug-likeness (QED) is 0.442. The normalized spacial score (nSPS) is 12.0. The number of fused-ring (bicyclic) bond motifs is 5. The van der Waals surface area contributed by atoms with Crippen molar-refractivity contribution in [2.75, 3.05) is 6.61 Å². The van der Waals surface area contributed by atoms with Crippen molar-refractivity contribution in [2.24, 2.45) is 0 Å². The standard InChI is InChI=1S/C21H18N6O2/c1-4-14-6-7-16-18(9-14)27-17(15(23-25-27)11-28-5-2)10-19-21(22-12-26(16)19)20-8-13(3)24-29-20/h1,6-9,12H,5,10-11H2,2-3H3. The Labute approximate surface area is 167 Å². The third-order valence-corrected chi connectivity index (χ3v) is 4.98. The van der Waals surface area contributed by atoms with Crippen LogP contribution in [0.4, 0.5) is 0 Å². The number of hydrogen-bond acceptors (Lipinski definition) is 6. The van der Waals surface area contributed by atoms with E-state index in [4.69, 9.17) is 15.7 Å². The number of rotatable bonds is 4. The van der Waals surface area contributed by atoms with Crippen molar-refractivity contribution in [3.8, 4) is 35.2 Å². The summed E-state index contributed by atoms with van der Waals surface area (Å²) in [4.78, 5) is 4.62. The first kappa shape index (κ1) is 17.4. The fourth-order valence-electron chi connectivity index (χ4n) is 3.59. The topological polar surface area (TPSA) is 83.8 Å². The Morgan fingerprint density at radius 1 is 1.24 bits per heavy atom. The van der Waals surface area contributed by atoms with E-state index in [2.05, 4.69) is 26.4 Å². The molecule has 29 heavy (non-hydrogen) atoms. The minimum atomic E-state index is 0.390. The molecule has 1 aliphatic rings. The molecule has 8 nitrogen and oxygen atoms in total. The van der Waals surface area contributed by atoms with Crippen LogP contribution in [0.2, 0.25) is 0 Å². The van der Waals surface area contributed by atoms with Gasteiger partial charge in [-0.15, -0.1) is 11.5 Å². The Balaban J connectivity index is 1.76. The van der Waals surface area contributed by atoms with E-state index in [0.717, 1.165) is 45.4 Å². The molecule has 1 aliphatic heterocycles. The van der Waals surface area contributed by atoms with Crippen molar-refractivity contribution in [2.45, 2.75) is 26.9 Å². The van der Waals surface area contributed by atoms with E-state index in [1.165, 1.54) is 0 Å². The second kappa shape index (κ2) is 6.72. The average molecular weight is 386 g/mol. The molecule has 0 aliphatic carbocycles. The summed E-state index contributed by atoms with van der Waals surface area (Å²) in [5.74, 6) is 3.32. The van der Waals surface area contributed by atoms with Crippen molar-refractivity contribution >= 4 is 0 Å². The molecule has 0 atom stereocenters. The average Bonchev–Trinajstić information content (AvgIpc) is 3.43. The zero-order valence-electron chi connectivity index (χ0n) is 16.1. The number of nitrogens with zero attached hydrogens (tertiary/aromatic N) is 6. The van der Waals surface area contributed by atoms with Gasteiger partial charge in [-0.1, -0.05) is 16.3 Å². The molecule has 0 fully saturated rings. The Morgan fingerprint density at radius 2 is 2.14 bits per heavy atom. The SMILES string of the molecule is C#Cc1ccc2c(c1)-n1nnc(COCC)c1Cc1c(-c3cc(C)no3)ncn1-2. The molecule has 0 N–H and O–H groups in total. The molecule has 4 heterocycles. The molecule has 0 radical (unpaired) electrons. The summed E-state index contributed by atoms with van der Waals surface area (Å²) in [6.07, 6.45) is 7.99. The van der Waals surface area contributed by atoms with Gasteiger partial charge in [0, 0.05) is 24.7 Å². The maximum absolute atomic E-state index is 5.64. The first-order valence-electron chi connectivity index (χ1n) is 9.32. The Hall–Kier alpha value is -3.70. The fourth-order valence-corrected chi connectivity index (χ4v) is 3.59. The van der Waals surface area contributed by atoms with Crippen molar-refractivity contribution in [3.63, 3.8) is 0 Å². The molecular weight excluding hydrogens is 368 g/mol. The van der Waals surface area contributed by atoms with Gasteiger partial charge in [0.15, 0.2) is 5.76 Å². The summed E-state index contributed by atoms with van der Waals surface area (Å²) in [5.41, 5.74) is 6.78. The predicted octanol–water partition coefficient (Wildman–Crippen LogP) is 2.84. The van der Waals surface area contributed by atoms with Crippen LogP contribution >= 0.6 is 0 Å². The fraction of sp³-hybridized carbons (Fsp3) is 0.238. The van der Waals surface area contributed by atoms with E-state index in [1.54, 1.807) is 6.33 Å². The number of ether oxygens (including phenoxy) is 1. The van der Waals surface area contributed by atoms with Crippen molar-refractivity contribution in [1.29, 1.82) is 0 Å². The molecular formula is C21H18N6O2. The molecule has 4 aromatic rings. The highest BCUT2D eigenvalue weighted by atomic mass is 16.5. The summed E-state index contributed by atoms with van der Waals surface area (Å²) in [5, 5.41) is 12.8. The zero-order valence-corrected chi connectivity index (χ0v) is 16.1. The molecule has 1 aromatic carbocycles. The molecule has 5 rings (SSSR count). The van der Waals surface area contributed by atoms with Crippen LogP contribution in [0.3, 0.4) is 0 Å². The van der Waals surface area contributed by atoms with Gasteiger partial charge in [0.2, 0.25) is 0 Å². The van der Waals surface area contributed by atoms with Gasteiger partial charge >= 0.3 is 0 Å². The lowest BCUT2D eigenvalue weighted by Crippen LogP contribution is -2.05. The first-order valence-corrected chi connectivity index (χ1v) is 9.32. The lowest BCUT2D eigenvalue weighted by atomic mass is 10.1. The summed E-state index contributed by atoms with van der Waals surface area (Å²) >= 11 is 0. The third-order valence-electron chi connectivity index (χ3n) is 4.98. The van der Waals surface area contributed by atoms with Gasteiger partial charge in [0.1, 0.15) is 17.7 Å². The molecule has 0 saturated carbocycles. The Morgan fingerprint density at radius 3 is 2.90 bits per heavy atom. The number of aryl methyl sites for hydroxylation is 1. The summed E-state index contributed by atoms with van der Waals surface area (Å²) in [7, 11) is 0. The molecule has 0 spiro atoms. The van der Waals surface area contributed by atoms with Gasteiger partial charge in [-0.05, 0) is 32.0 Å².